The van der Waals surface area contributed by atoms with Gasteiger partial charge in [0.1, 0.15) is 0 Å². The van der Waals surface area contributed by atoms with Crippen molar-refractivity contribution in [2.75, 3.05) is 5.75 Å². The molecule has 0 amide bonds. The molecular weight excluding hydrogens is 168 g/mol. The monoisotopic (exact) mass is 178 g/mol. The van der Waals surface area contributed by atoms with Crippen LogP contribution in [-0.4, -0.2) is 26.1 Å². The third-order valence-corrected chi connectivity index (χ3v) is 3.73. The van der Waals surface area contributed by atoms with E-state index in [1.807, 2.05) is 0 Å². The predicted octanol–water partition coefficient (Wildman–Crippen LogP) is 0.0842. The average molecular weight is 178 g/mol. The minimum absolute atomic E-state index is 0.144. The van der Waals surface area contributed by atoms with Crippen molar-refractivity contribution in [3.8, 4) is 0 Å². The summed E-state index contributed by atoms with van der Waals surface area (Å²) in [5.41, 5.74) is -0.881. The molecule has 0 radical (unpaired) electrons. The fourth-order valence-corrected chi connectivity index (χ4v) is 2.75. The van der Waals surface area contributed by atoms with Crippen molar-refractivity contribution in [2.45, 2.75) is 24.7 Å². The molecule has 4 nitrogen and oxygen atoms in total. The number of carbonyl (C=O) groups excluding carboxylic acids is 1. The lowest BCUT2D eigenvalue weighted by molar-refractivity contribution is -0.130. The molecule has 1 atom stereocenters. The van der Waals surface area contributed by atoms with Crippen LogP contribution in [0.3, 0.4) is 0 Å². The molecule has 0 aromatic heterocycles. The SMILES string of the molecule is O=COC1CCCCS1(=O)=O. The van der Waals surface area contributed by atoms with Crippen LogP contribution < -0.4 is 0 Å². The highest BCUT2D eigenvalue weighted by Crippen LogP contribution is 2.19. The zero-order valence-corrected chi connectivity index (χ0v) is 6.84. The zero-order chi connectivity index (χ0) is 8.32. The number of hydrogen-bond donors (Lipinski definition) is 0. The van der Waals surface area contributed by atoms with Crippen molar-refractivity contribution in [2.24, 2.45) is 0 Å². The molecule has 64 valence electrons. The second-order valence-electron chi connectivity index (χ2n) is 2.52. The number of hydrogen-bond acceptors (Lipinski definition) is 4. The summed E-state index contributed by atoms with van der Waals surface area (Å²) in [6.45, 7) is 0.202. The number of rotatable bonds is 2. The van der Waals surface area contributed by atoms with E-state index < -0.39 is 15.3 Å². The van der Waals surface area contributed by atoms with E-state index >= 15 is 0 Å². The van der Waals surface area contributed by atoms with Gasteiger partial charge in [0.25, 0.3) is 6.47 Å². The van der Waals surface area contributed by atoms with E-state index in [-0.39, 0.29) is 12.2 Å². The van der Waals surface area contributed by atoms with Gasteiger partial charge >= 0.3 is 0 Å². The quantitative estimate of drug-likeness (QED) is 0.562. The van der Waals surface area contributed by atoms with Crippen molar-refractivity contribution in [3.05, 3.63) is 0 Å². The van der Waals surface area contributed by atoms with Crippen LogP contribution in [0.25, 0.3) is 0 Å². The van der Waals surface area contributed by atoms with Crippen LogP contribution >= 0.6 is 0 Å². The van der Waals surface area contributed by atoms with Crippen LogP contribution in [0, 0.1) is 0 Å². The molecule has 0 aliphatic carbocycles. The van der Waals surface area contributed by atoms with E-state index in [9.17, 15) is 13.2 Å². The van der Waals surface area contributed by atoms with Crippen LogP contribution in [0.5, 0.6) is 0 Å². The molecule has 1 rings (SSSR count). The van der Waals surface area contributed by atoms with Gasteiger partial charge in [0.05, 0.1) is 5.75 Å². The van der Waals surface area contributed by atoms with Crippen molar-refractivity contribution in [1.82, 2.24) is 0 Å². The summed E-state index contributed by atoms with van der Waals surface area (Å²) in [4.78, 5) is 9.87. The molecule has 1 fully saturated rings. The van der Waals surface area contributed by atoms with E-state index in [0.717, 1.165) is 6.42 Å². The number of carbonyl (C=O) groups is 1. The lowest BCUT2D eigenvalue weighted by atomic mass is 10.2. The van der Waals surface area contributed by atoms with Crippen LogP contribution in [0.4, 0.5) is 0 Å². The standard InChI is InChI=1S/C6H10O4S/c7-5-10-6-3-1-2-4-11(6,8)9/h5-6H,1-4H2. The highest BCUT2D eigenvalue weighted by molar-refractivity contribution is 7.91. The first kappa shape index (κ1) is 8.52. The smallest absolute Gasteiger partial charge is 0.294 e. The maximum Gasteiger partial charge on any atom is 0.294 e. The van der Waals surface area contributed by atoms with Crippen molar-refractivity contribution < 1.29 is 17.9 Å². The molecule has 0 aromatic carbocycles. The van der Waals surface area contributed by atoms with Crippen LogP contribution in [0.2, 0.25) is 0 Å². The average Bonchev–Trinajstić information content (AvgIpc) is 1.94. The Kier molecular flexibility index (Phi) is 2.49. The Bertz CT molecular complexity index is 231. The molecule has 0 N–H and O–H groups in total. The van der Waals surface area contributed by atoms with Gasteiger partial charge < -0.3 is 4.74 Å². The van der Waals surface area contributed by atoms with Crippen LogP contribution in [-0.2, 0) is 19.4 Å². The Morgan fingerprint density at radius 2 is 2.09 bits per heavy atom. The summed E-state index contributed by atoms with van der Waals surface area (Å²) in [6, 6.07) is 0. The number of ether oxygens (including phenoxy) is 1. The van der Waals surface area contributed by atoms with Crippen LogP contribution in [0.15, 0.2) is 0 Å². The Balaban J connectivity index is 2.67. The van der Waals surface area contributed by atoms with Gasteiger partial charge in [-0.15, -0.1) is 0 Å². The molecule has 1 saturated heterocycles. The van der Waals surface area contributed by atoms with E-state index in [0.29, 0.717) is 12.8 Å². The number of sulfone groups is 1. The first-order chi connectivity index (χ1) is 5.17. The largest absolute Gasteiger partial charge is 0.448 e. The Labute approximate surface area is 65.5 Å². The van der Waals surface area contributed by atoms with Gasteiger partial charge in [-0.25, -0.2) is 8.42 Å². The topological polar surface area (TPSA) is 60.4 Å². The normalized spacial score (nSPS) is 29.3. The Morgan fingerprint density at radius 3 is 2.64 bits per heavy atom. The summed E-state index contributed by atoms with van der Waals surface area (Å²) in [7, 11) is -3.14. The Morgan fingerprint density at radius 1 is 1.36 bits per heavy atom. The molecule has 1 unspecified atom stereocenters. The molecule has 1 aliphatic rings. The maximum atomic E-state index is 11.1. The third-order valence-electron chi connectivity index (χ3n) is 1.73. The Hall–Kier alpha value is -0.580. The molecule has 1 heterocycles. The molecule has 0 saturated carbocycles. The van der Waals surface area contributed by atoms with Crippen molar-refractivity contribution in [3.63, 3.8) is 0 Å². The van der Waals surface area contributed by atoms with E-state index in [2.05, 4.69) is 4.74 Å². The summed E-state index contributed by atoms with van der Waals surface area (Å²) in [6.07, 6.45) is 1.94. The summed E-state index contributed by atoms with van der Waals surface area (Å²) >= 11 is 0. The first-order valence-electron chi connectivity index (χ1n) is 3.47. The van der Waals surface area contributed by atoms with E-state index in [1.165, 1.54) is 0 Å². The van der Waals surface area contributed by atoms with Crippen molar-refractivity contribution >= 4 is 16.3 Å². The van der Waals surface area contributed by atoms with Gasteiger partial charge in [0.15, 0.2) is 9.84 Å². The third kappa shape index (κ3) is 1.92. The second kappa shape index (κ2) is 3.21. The highest BCUT2D eigenvalue weighted by Gasteiger charge is 2.29. The summed E-state index contributed by atoms with van der Waals surface area (Å²) in [5, 5.41) is 0. The predicted molar refractivity (Wildman–Crippen MR) is 38.6 cm³/mol. The lowest BCUT2D eigenvalue weighted by Gasteiger charge is -2.19. The zero-order valence-electron chi connectivity index (χ0n) is 6.02. The van der Waals surface area contributed by atoms with E-state index in [1.54, 1.807) is 0 Å². The van der Waals surface area contributed by atoms with Crippen LogP contribution in [0.1, 0.15) is 19.3 Å². The van der Waals surface area contributed by atoms with Gasteiger partial charge in [-0.05, 0) is 19.3 Å². The minimum atomic E-state index is -3.14. The second-order valence-corrected chi connectivity index (χ2v) is 4.78. The molecule has 0 spiro atoms. The fourth-order valence-electron chi connectivity index (χ4n) is 1.14. The summed E-state index contributed by atoms with van der Waals surface area (Å²) < 4.78 is 26.6. The molecular formula is C6H10O4S. The maximum absolute atomic E-state index is 11.1. The molecule has 11 heavy (non-hydrogen) atoms. The van der Waals surface area contributed by atoms with Gasteiger partial charge in [-0.1, -0.05) is 0 Å². The molecule has 0 bridgehead atoms. The van der Waals surface area contributed by atoms with Gasteiger partial charge in [-0.3, -0.25) is 4.79 Å². The molecule has 5 heteroatoms. The van der Waals surface area contributed by atoms with Gasteiger partial charge in [0, 0.05) is 0 Å². The van der Waals surface area contributed by atoms with Crippen molar-refractivity contribution in [1.29, 1.82) is 0 Å². The van der Waals surface area contributed by atoms with Gasteiger partial charge in [-0.2, -0.15) is 0 Å². The first-order valence-corrected chi connectivity index (χ1v) is 5.19. The van der Waals surface area contributed by atoms with Gasteiger partial charge in [0.2, 0.25) is 5.44 Å². The molecule has 0 aromatic rings. The van der Waals surface area contributed by atoms with E-state index in [4.69, 9.17) is 0 Å². The summed E-state index contributed by atoms with van der Waals surface area (Å²) in [5.74, 6) is 0.144. The molecule has 1 aliphatic heterocycles. The lowest BCUT2D eigenvalue weighted by Crippen LogP contribution is -2.30. The fraction of sp³-hybridized carbons (Fsp3) is 0.833. The minimum Gasteiger partial charge on any atom is -0.448 e. The highest BCUT2D eigenvalue weighted by atomic mass is 32.2.